The van der Waals surface area contributed by atoms with Crippen molar-refractivity contribution in [3.8, 4) is 0 Å². The van der Waals surface area contributed by atoms with E-state index in [1.54, 1.807) is 0 Å². The highest BCUT2D eigenvalue weighted by molar-refractivity contribution is 6.60. The molecule has 0 aliphatic carbocycles. The second-order valence-corrected chi connectivity index (χ2v) is 8.44. The van der Waals surface area contributed by atoms with Crippen LogP contribution in [0.25, 0.3) is 22.6 Å². The second-order valence-electron chi connectivity index (χ2n) is 7.12. The van der Waals surface area contributed by atoms with Crippen LogP contribution in [0.1, 0.15) is 11.1 Å². The molecule has 0 N–H and O–H groups in total. The van der Waals surface area contributed by atoms with E-state index in [1.807, 2.05) is 62.9 Å². The second kappa shape index (κ2) is 8.69. The third-order valence-electron chi connectivity index (χ3n) is 5.19. The highest BCUT2D eigenvalue weighted by Gasteiger charge is 2.15. The highest BCUT2D eigenvalue weighted by Crippen LogP contribution is 2.36. The van der Waals surface area contributed by atoms with Gasteiger partial charge >= 0.3 is 0 Å². The number of anilines is 1. The Balaban J connectivity index is 1.92. The summed E-state index contributed by atoms with van der Waals surface area (Å²) in [6, 6.07) is 18.5. The van der Waals surface area contributed by atoms with E-state index in [0.29, 0.717) is 5.03 Å². The van der Waals surface area contributed by atoms with E-state index in [9.17, 15) is 0 Å². The Kier molecular flexibility index (Phi) is 6.01. The maximum absolute atomic E-state index is 6.55. The van der Waals surface area contributed by atoms with Crippen molar-refractivity contribution < 1.29 is 4.57 Å². The number of aryl methyl sites for hydroxylation is 1. The predicted octanol–water partition coefficient (Wildman–Crippen LogP) is 6.98. The summed E-state index contributed by atoms with van der Waals surface area (Å²) in [5, 5.41) is 1.43. The van der Waals surface area contributed by atoms with E-state index in [4.69, 9.17) is 34.8 Å². The molecule has 2 aromatic carbocycles. The molecule has 1 aromatic heterocycles. The van der Waals surface area contributed by atoms with Crippen molar-refractivity contribution in [1.82, 2.24) is 0 Å². The van der Waals surface area contributed by atoms with E-state index in [1.165, 1.54) is 0 Å². The van der Waals surface area contributed by atoms with Crippen molar-refractivity contribution in [1.29, 1.82) is 0 Å². The first-order valence-corrected chi connectivity index (χ1v) is 10.6. The van der Waals surface area contributed by atoms with Gasteiger partial charge in [-0.15, -0.1) is 0 Å². The van der Waals surface area contributed by atoms with Gasteiger partial charge in [0, 0.05) is 36.6 Å². The van der Waals surface area contributed by atoms with Crippen LogP contribution in [-0.4, -0.2) is 7.05 Å². The zero-order chi connectivity index (χ0) is 21.3. The van der Waals surface area contributed by atoms with Gasteiger partial charge in [0.2, 0.25) is 5.52 Å². The number of fused-ring (bicyclic) bond motifs is 2. The van der Waals surface area contributed by atoms with Crippen molar-refractivity contribution in [2.24, 2.45) is 7.05 Å². The number of rotatable bonds is 3. The fraction of sp³-hybridized carbons (Fsp3) is 0.0800. The summed E-state index contributed by atoms with van der Waals surface area (Å²) in [5.41, 5.74) is 6.18. The van der Waals surface area contributed by atoms with Gasteiger partial charge in [-0.2, -0.15) is 0 Å². The Labute approximate surface area is 191 Å². The Bertz CT molecular complexity index is 1250. The zero-order valence-corrected chi connectivity index (χ0v) is 18.9. The lowest BCUT2D eigenvalue weighted by atomic mass is 9.97. The lowest BCUT2D eigenvalue weighted by molar-refractivity contribution is -0.644. The Morgan fingerprint density at radius 2 is 1.70 bits per heavy atom. The van der Waals surface area contributed by atoms with Crippen molar-refractivity contribution in [3.63, 3.8) is 0 Å². The van der Waals surface area contributed by atoms with Crippen LogP contribution in [0.2, 0.25) is 0 Å². The first kappa shape index (κ1) is 20.7. The molecule has 4 rings (SSSR count). The summed E-state index contributed by atoms with van der Waals surface area (Å²) >= 11 is 18.7. The maximum atomic E-state index is 6.55. The van der Waals surface area contributed by atoms with E-state index in [0.717, 1.165) is 38.9 Å². The molecular weight excluding hydrogens is 435 g/mol. The van der Waals surface area contributed by atoms with Crippen LogP contribution in [0.3, 0.4) is 0 Å². The SMILES string of the molecule is CN1C=C/C(=C\C(=C/c2cc[n+](C)c3ccccc23)C(Cl)=C(Cl)Cl)c2ccccc21. The molecule has 150 valence electrons. The third kappa shape index (κ3) is 4.04. The molecule has 30 heavy (non-hydrogen) atoms. The molecule has 1 aliphatic rings. The molecule has 0 bridgehead atoms. The number of aromatic nitrogens is 1. The number of benzene rings is 2. The van der Waals surface area contributed by atoms with Gasteiger partial charge in [-0.05, 0) is 47.1 Å². The molecule has 0 saturated carbocycles. The van der Waals surface area contributed by atoms with Gasteiger partial charge in [-0.1, -0.05) is 65.1 Å². The number of nitrogens with zero attached hydrogens (tertiary/aromatic N) is 2. The molecule has 2 heterocycles. The minimum Gasteiger partial charge on any atom is -0.351 e. The minimum atomic E-state index is 0.0377. The number of hydrogen-bond acceptors (Lipinski definition) is 1. The lowest BCUT2D eigenvalue weighted by Crippen LogP contribution is -2.28. The van der Waals surface area contributed by atoms with Gasteiger partial charge in [-0.3, -0.25) is 0 Å². The monoisotopic (exact) mass is 453 g/mol. The third-order valence-corrected chi connectivity index (χ3v) is 6.17. The summed E-state index contributed by atoms with van der Waals surface area (Å²) in [4.78, 5) is 2.09. The largest absolute Gasteiger partial charge is 0.351 e. The molecule has 0 atom stereocenters. The van der Waals surface area contributed by atoms with Gasteiger partial charge in [-0.25, -0.2) is 4.57 Å². The van der Waals surface area contributed by atoms with Gasteiger partial charge in [0.25, 0.3) is 0 Å². The van der Waals surface area contributed by atoms with E-state index < -0.39 is 0 Å². The summed E-state index contributed by atoms with van der Waals surface area (Å²) in [6.07, 6.45) is 10.2. The van der Waals surface area contributed by atoms with Crippen molar-refractivity contribution >= 4 is 63.0 Å². The summed E-state index contributed by atoms with van der Waals surface area (Å²) in [7, 11) is 4.06. The number of allylic oxidation sites excluding steroid dienone is 5. The van der Waals surface area contributed by atoms with Crippen LogP contribution in [0.5, 0.6) is 0 Å². The van der Waals surface area contributed by atoms with Gasteiger partial charge in [0.15, 0.2) is 6.20 Å². The van der Waals surface area contributed by atoms with Crippen LogP contribution in [-0.2, 0) is 7.05 Å². The van der Waals surface area contributed by atoms with Crippen LogP contribution in [0.4, 0.5) is 5.69 Å². The zero-order valence-electron chi connectivity index (χ0n) is 16.6. The van der Waals surface area contributed by atoms with Crippen LogP contribution >= 0.6 is 34.8 Å². The van der Waals surface area contributed by atoms with Gasteiger partial charge in [0.05, 0.1) is 10.4 Å². The molecular formula is C25H20Cl3N2+. The Hall–Kier alpha value is -2.52. The fourth-order valence-electron chi connectivity index (χ4n) is 3.64. The first-order valence-electron chi connectivity index (χ1n) is 9.48. The average Bonchev–Trinajstić information content (AvgIpc) is 2.76. The van der Waals surface area contributed by atoms with Crippen LogP contribution in [0, 0.1) is 0 Å². The topological polar surface area (TPSA) is 7.12 Å². The Morgan fingerprint density at radius 3 is 2.50 bits per heavy atom. The number of hydrogen-bond donors (Lipinski definition) is 0. The van der Waals surface area contributed by atoms with E-state index in [-0.39, 0.29) is 4.49 Å². The number of halogens is 3. The smallest absolute Gasteiger partial charge is 0.212 e. The molecule has 0 radical (unpaired) electrons. The van der Waals surface area contributed by atoms with Crippen molar-refractivity contribution in [3.05, 3.63) is 105 Å². The quantitative estimate of drug-likeness (QED) is 0.306. The average molecular weight is 455 g/mol. The number of para-hydroxylation sites is 2. The standard InChI is InChI=1S/C25H20Cl3N2/c1-29-13-11-17(20-7-3-5-9-22(20)29)15-19(24(26)25(27)28)16-18-12-14-30(2)23-10-6-4-8-21(18)23/h3-16H,1-2H3/q+1. The normalized spacial score (nSPS) is 14.9. The molecule has 5 heteroatoms. The summed E-state index contributed by atoms with van der Waals surface area (Å²) < 4.78 is 2.13. The summed E-state index contributed by atoms with van der Waals surface area (Å²) in [5.74, 6) is 0. The number of pyridine rings is 1. The minimum absolute atomic E-state index is 0.0377. The summed E-state index contributed by atoms with van der Waals surface area (Å²) in [6.45, 7) is 0. The van der Waals surface area contributed by atoms with Gasteiger partial charge in [0.1, 0.15) is 11.5 Å². The molecule has 2 nitrogen and oxygen atoms in total. The van der Waals surface area contributed by atoms with E-state index >= 15 is 0 Å². The predicted molar refractivity (Wildman–Crippen MR) is 130 cm³/mol. The molecule has 0 saturated heterocycles. The molecule has 3 aromatic rings. The van der Waals surface area contributed by atoms with Gasteiger partial charge < -0.3 is 4.90 Å². The van der Waals surface area contributed by atoms with Crippen molar-refractivity contribution in [2.45, 2.75) is 0 Å². The molecule has 0 fully saturated rings. The maximum Gasteiger partial charge on any atom is 0.212 e. The van der Waals surface area contributed by atoms with Crippen LogP contribution in [0.15, 0.2) is 94.2 Å². The molecule has 1 aliphatic heterocycles. The Morgan fingerprint density at radius 1 is 0.967 bits per heavy atom. The van der Waals surface area contributed by atoms with E-state index in [2.05, 4.69) is 45.9 Å². The van der Waals surface area contributed by atoms with Crippen LogP contribution < -0.4 is 9.47 Å². The molecule has 0 spiro atoms. The highest BCUT2D eigenvalue weighted by atomic mass is 35.5. The lowest BCUT2D eigenvalue weighted by Gasteiger charge is -2.24. The molecule has 0 unspecified atom stereocenters. The molecule has 0 amide bonds. The fourth-order valence-corrected chi connectivity index (χ4v) is 3.97. The van der Waals surface area contributed by atoms with Crippen molar-refractivity contribution in [2.75, 3.05) is 11.9 Å². The first-order chi connectivity index (χ1) is 14.5.